The van der Waals surface area contributed by atoms with Gasteiger partial charge < -0.3 is 4.90 Å². The van der Waals surface area contributed by atoms with Gasteiger partial charge in [0.05, 0.1) is 11.4 Å². The van der Waals surface area contributed by atoms with E-state index in [1.54, 1.807) is 20.2 Å². The standard InChI is InChI=1S/C18H26N6O2S/c1-12-17(13(2)22-21-12)27(25,26)23-14-7-9-24(10-8-14)18-15-5-3-4-6-16(15)19-11-20-18/h11,14,23H,3-10H2,1-2H3,(H,21,22). The van der Waals surface area contributed by atoms with Crippen LogP contribution in [0.15, 0.2) is 11.2 Å². The number of aromatic amines is 1. The van der Waals surface area contributed by atoms with E-state index in [-0.39, 0.29) is 10.9 Å². The molecule has 0 radical (unpaired) electrons. The lowest BCUT2D eigenvalue weighted by Gasteiger charge is -2.34. The molecule has 146 valence electrons. The Balaban J connectivity index is 1.44. The average Bonchev–Trinajstić information content (AvgIpc) is 3.01. The molecule has 0 atom stereocenters. The van der Waals surface area contributed by atoms with Crippen molar-refractivity contribution in [2.45, 2.75) is 63.3 Å². The molecule has 2 aromatic rings. The minimum absolute atomic E-state index is 0.0717. The molecule has 2 aliphatic rings. The summed E-state index contributed by atoms with van der Waals surface area (Å²) in [6.07, 6.45) is 7.63. The van der Waals surface area contributed by atoms with Gasteiger partial charge in [-0.2, -0.15) is 5.10 Å². The number of hydrogen-bond donors (Lipinski definition) is 2. The molecule has 0 aromatic carbocycles. The third-order valence-electron chi connectivity index (χ3n) is 5.55. The Morgan fingerprint density at radius 1 is 1.15 bits per heavy atom. The first-order chi connectivity index (χ1) is 13.0. The van der Waals surface area contributed by atoms with E-state index in [9.17, 15) is 8.42 Å². The molecule has 3 heterocycles. The molecule has 9 heteroatoms. The van der Waals surface area contributed by atoms with E-state index in [0.717, 1.165) is 44.6 Å². The van der Waals surface area contributed by atoms with Crippen LogP contribution < -0.4 is 9.62 Å². The largest absolute Gasteiger partial charge is 0.356 e. The first kappa shape index (κ1) is 18.4. The van der Waals surface area contributed by atoms with Gasteiger partial charge in [0.25, 0.3) is 0 Å². The lowest BCUT2D eigenvalue weighted by molar-refractivity contribution is 0.456. The second kappa shape index (κ2) is 7.20. The van der Waals surface area contributed by atoms with E-state index < -0.39 is 10.0 Å². The molecule has 1 fully saturated rings. The van der Waals surface area contributed by atoms with Crippen molar-refractivity contribution in [1.29, 1.82) is 0 Å². The second-order valence-corrected chi connectivity index (χ2v) is 9.13. The third-order valence-corrected chi connectivity index (χ3v) is 7.33. The number of piperidine rings is 1. The van der Waals surface area contributed by atoms with Crippen molar-refractivity contribution >= 4 is 15.8 Å². The van der Waals surface area contributed by atoms with E-state index in [4.69, 9.17) is 0 Å². The van der Waals surface area contributed by atoms with Gasteiger partial charge in [-0.1, -0.05) is 0 Å². The van der Waals surface area contributed by atoms with Crippen LogP contribution >= 0.6 is 0 Å². The Labute approximate surface area is 159 Å². The molecule has 27 heavy (non-hydrogen) atoms. The second-order valence-electron chi connectivity index (χ2n) is 7.48. The topological polar surface area (TPSA) is 104 Å². The average molecular weight is 391 g/mol. The minimum Gasteiger partial charge on any atom is -0.356 e. The van der Waals surface area contributed by atoms with E-state index in [1.165, 1.54) is 24.1 Å². The highest BCUT2D eigenvalue weighted by Gasteiger charge is 2.29. The Morgan fingerprint density at radius 2 is 1.89 bits per heavy atom. The fourth-order valence-corrected chi connectivity index (χ4v) is 5.88. The van der Waals surface area contributed by atoms with Crippen molar-refractivity contribution in [3.63, 3.8) is 0 Å². The summed E-state index contributed by atoms with van der Waals surface area (Å²) in [5.41, 5.74) is 3.54. The van der Waals surface area contributed by atoms with E-state index >= 15 is 0 Å². The zero-order valence-electron chi connectivity index (χ0n) is 15.8. The Kier molecular flexibility index (Phi) is 4.90. The third kappa shape index (κ3) is 3.58. The van der Waals surface area contributed by atoms with Gasteiger partial charge in [-0.3, -0.25) is 5.10 Å². The van der Waals surface area contributed by atoms with Gasteiger partial charge in [0.1, 0.15) is 17.0 Å². The highest BCUT2D eigenvalue weighted by atomic mass is 32.2. The zero-order chi connectivity index (χ0) is 19.0. The van der Waals surface area contributed by atoms with Crippen molar-refractivity contribution in [3.8, 4) is 0 Å². The van der Waals surface area contributed by atoms with Crippen LogP contribution in [0.2, 0.25) is 0 Å². The maximum atomic E-state index is 12.7. The van der Waals surface area contributed by atoms with E-state index in [1.807, 2.05) is 0 Å². The number of nitrogens with zero attached hydrogens (tertiary/aromatic N) is 4. The Morgan fingerprint density at radius 3 is 2.59 bits per heavy atom. The van der Waals surface area contributed by atoms with Crippen LogP contribution in [0.4, 0.5) is 5.82 Å². The number of rotatable bonds is 4. The van der Waals surface area contributed by atoms with Gasteiger partial charge in [0.2, 0.25) is 10.0 Å². The van der Waals surface area contributed by atoms with Gasteiger partial charge in [-0.25, -0.2) is 23.1 Å². The number of hydrogen-bond acceptors (Lipinski definition) is 6. The summed E-state index contributed by atoms with van der Waals surface area (Å²) < 4.78 is 28.3. The maximum Gasteiger partial charge on any atom is 0.244 e. The molecule has 0 bridgehead atoms. The van der Waals surface area contributed by atoms with E-state index in [2.05, 4.69) is 29.8 Å². The van der Waals surface area contributed by atoms with Crippen molar-refractivity contribution in [1.82, 2.24) is 24.9 Å². The summed E-state index contributed by atoms with van der Waals surface area (Å²) in [7, 11) is -3.56. The van der Waals surface area contributed by atoms with Crippen LogP contribution in [0.1, 0.15) is 48.3 Å². The molecule has 0 saturated carbocycles. The van der Waals surface area contributed by atoms with Crippen molar-refractivity contribution in [2.75, 3.05) is 18.0 Å². The van der Waals surface area contributed by atoms with Gasteiger partial charge in [-0.05, 0) is 52.4 Å². The number of sulfonamides is 1. The van der Waals surface area contributed by atoms with Gasteiger partial charge in [0.15, 0.2) is 0 Å². The lowest BCUT2D eigenvalue weighted by atomic mass is 9.95. The molecule has 1 saturated heterocycles. The van der Waals surface area contributed by atoms with Crippen molar-refractivity contribution in [2.24, 2.45) is 0 Å². The highest BCUT2D eigenvalue weighted by Crippen LogP contribution is 2.29. The normalized spacial score (nSPS) is 18.5. The predicted molar refractivity (Wildman–Crippen MR) is 102 cm³/mol. The molecule has 8 nitrogen and oxygen atoms in total. The van der Waals surface area contributed by atoms with Gasteiger partial charge in [-0.15, -0.1) is 0 Å². The predicted octanol–water partition coefficient (Wildman–Crippen LogP) is 1.64. The molecule has 1 aliphatic carbocycles. The van der Waals surface area contributed by atoms with Crippen molar-refractivity contribution < 1.29 is 8.42 Å². The number of anilines is 1. The van der Waals surface area contributed by atoms with Crippen LogP contribution in [-0.2, 0) is 22.9 Å². The Bertz CT molecular complexity index is 912. The molecule has 4 rings (SSSR count). The smallest absolute Gasteiger partial charge is 0.244 e. The fourth-order valence-electron chi connectivity index (χ4n) is 4.20. The van der Waals surface area contributed by atoms with Crippen LogP contribution in [0.25, 0.3) is 0 Å². The summed E-state index contributed by atoms with van der Waals surface area (Å²) in [5.74, 6) is 1.04. The number of aryl methyl sites for hydroxylation is 3. The highest BCUT2D eigenvalue weighted by molar-refractivity contribution is 7.89. The fraction of sp³-hybridized carbons (Fsp3) is 0.611. The maximum absolute atomic E-state index is 12.7. The van der Waals surface area contributed by atoms with Gasteiger partial charge in [0, 0.05) is 30.4 Å². The first-order valence-corrected chi connectivity index (χ1v) is 11.1. The number of nitrogens with one attached hydrogen (secondary N) is 2. The van der Waals surface area contributed by atoms with Crippen LogP contribution in [0, 0.1) is 13.8 Å². The summed E-state index contributed by atoms with van der Waals surface area (Å²) in [6.45, 7) is 5.02. The lowest BCUT2D eigenvalue weighted by Crippen LogP contribution is -2.45. The number of fused-ring (bicyclic) bond motifs is 1. The molecule has 0 spiro atoms. The number of aromatic nitrogens is 4. The van der Waals surface area contributed by atoms with Gasteiger partial charge >= 0.3 is 0 Å². The molecular weight excluding hydrogens is 364 g/mol. The minimum atomic E-state index is -3.56. The first-order valence-electron chi connectivity index (χ1n) is 9.57. The molecule has 2 N–H and O–H groups in total. The summed E-state index contributed by atoms with van der Waals surface area (Å²) in [5, 5.41) is 6.75. The van der Waals surface area contributed by atoms with E-state index in [0.29, 0.717) is 11.4 Å². The molecule has 0 unspecified atom stereocenters. The van der Waals surface area contributed by atoms with Crippen LogP contribution in [0.3, 0.4) is 0 Å². The summed E-state index contributed by atoms with van der Waals surface area (Å²) in [6, 6.07) is -0.0717. The summed E-state index contributed by atoms with van der Waals surface area (Å²) in [4.78, 5) is 11.5. The quantitative estimate of drug-likeness (QED) is 0.823. The molecule has 2 aromatic heterocycles. The molecular formula is C18H26N6O2S. The van der Waals surface area contributed by atoms with Crippen LogP contribution in [-0.4, -0.2) is 47.7 Å². The zero-order valence-corrected chi connectivity index (χ0v) is 16.6. The van der Waals surface area contributed by atoms with Crippen LogP contribution in [0.5, 0.6) is 0 Å². The number of H-pyrrole nitrogens is 1. The monoisotopic (exact) mass is 390 g/mol. The Hall–Kier alpha value is -2.00. The molecule has 0 amide bonds. The van der Waals surface area contributed by atoms with Crippen molar-refractivity contribution in [3.05, 3.63) is 29.0 Å². The SMILES string of the molecule is Cc1n[nH]c(C)c1S(=O)(=O)NC1CCN(c2ncnc3c2CCCC3)CC1. The molecule has 1 aliphatic heterocycles. The summed E-state index contributed by atoms with van der Waals surface area (Å²) >= 11 is 0.